The van der Waals surface area contributed by atoms with Gasteiger partial charge in [0.05, 0.1) is 13.2 Å². The Hall–Kier alpha value is -1.63. The molecule has 1 aliphatic heterocycles. The highest BCUT2D eigenvalue weighted by Gasteiger charge is 2.39. The second kappa shape index (κ2) is 5.63. The van der Waals surface area contributed by atoms with Crippen LogP contribution in [0.1, 0.15) is 44.3 Å². The number of fused-ring (bicyclic) bond motifs is 1. The lowest BCUT2D eigenvalue weighted by molar-refractivity contribution is 0.121. The van der Waals surface area contributed by atoms with Gasteiger partial charge in [-0.2, -0.15) is 0 Å². The van der Waals surface area contributed by atoms with Crippen LogP contribution in [-0.2, 0) is 19.5 Å². The summed E-state index contributed by atoms with van der Waals surface area (Å²) in [6.07, 6.45) is 4.98. The van der Waals surface area contributed by atoms with Gasteiger partial charge in [-0.05, 0) is 19.3 Å². The monoisotopic (exact) mass is 293 g/mol. The van der Waals surface area contributed by atoms with Crippen molar-refractivity contribution in [3.05, 3.63) is 11.6 Å². The van der Waals surface area contributed by atoms with E-state index < -0.39 is 0 Å². The van der Waals surface area contributed by atoms with E-state index >= 15 is 0 Å². The van der Waals surface area contributed by atoms with Crippen LogP contribution < -0.4 is 10.6 Å². The maximum Gasteiger partial charge on any atom is 0.315 e. The molecular weight excluding hydrogens is 270 g/mol. The smallest absolute Gasteiger partial charge is 0.315 e. The van der Waals surface area contributed by atoms with Gasteiger partial charge in [0.25, 0.3) is 0 Å². The third-order valence-electron chi connectivity index (χ3n) is 4.84. The zero-order valence-corrected chi connectivity index (χ0v) is 12.4. The molecule has 0 aromatic carbocycles. The van der Waals surface area contributed by atoms with E-state index in [2.05, 4.69) is 25.4 Å². The number of hydrogen-bond acceptors (Lipinski definition) is 4. The van der Waals surface area contributed by atoms with Gasteiger partial charge in [0.15, 0.2) is 5.82 Å². The first-order chi connectivity index (χ1) is 10.1. The number of carbonyl (C=O) groups excluding carboxylic acids is 1. The number of carbonyl (C=O) groups is 1. The van der Waals surface area contributed by atoms with Crippen LogP contribution >= 0.6 is 0 Å². The van der Waals surface area contributed by atoms with Crippen molar-refractivity contribution in [3.8, 4) is 0 Å². The van der Waals surface area contributed by atoms with Crippen LogP contribution in [0.5, 0.6) is 0 Å². The molecule has 1 aliphatic carbocycles. The third kappa shape index (κ3) is 2.74. The number of urea groups is 1. The van der Waals surface area contributed by atoms with Crippen LogP contribution in [0, 0.1) is 5.41 Å². The summed E-state index contributed by atoms with van der Waals surface area (Å²) in [5, 5.41) is 23.6. The molecule has 0 radical (unpaired) electrons. The number of nitrogens with zero attached hydrogens (tertiary/aromatic N) is 3. The van der Waals surface area contributed by atoms with Gasteiger partial charge in [-0.25, -0.2) is 4.79 Å². The molecule has 1 aromatic rings. The minimum atomic E-state index is -0.201. The van der Waals surface area contributed by atoms with Crippen molar-refractivity contribution in [3.63, 3.8) is 0 Å². The van der Waals surface area contributed by atoms with Gasteiger partial charge in [0, 0.05) is 24.4 Å². The third-order valence-corrected chi connectivity index (χ3v) is 4.84. The predicted molar refractivity (Wildman–Crippen MR) is 76.5 cm³/mol. The fraction of sp³-hybridized carbons (Fsp3) is 0.786. The Morgan fingerprint density at radius 3 is 3.14 bits per heavy atom. The Morgan fingerprint density at radius 2 is 2.33 bits per heavy atom. The highest BCUT2D eigenvalue weighted by molar-refractivity contribution is 5.74. The first-order valence-electron chi connectivity index (χ1n) is 7.68. The summed E-state index contributed by atoms with van der Waals surface area (Å²) < 4.78 is 2.08. The SMILES string of the molecule is CC1(CO)CCCC1NC(=O)NCc1nnc2n1CCC2. The molecule has 3 N–H and O–H groups in total. The van der Waals surface area contributed by atoms with E-state index in [1.807, 2.05) is 6.92 Å². The molecule has 2 atom stereocenters. The Bertz CT molecular complexity index is 529. The van der Waals surface area contributed by atoms with Crippen molar-refractivity contribution in [1.82, 2.24) is 25.4 Å². The van der Waals surface area contributed by atoms with Gasteiger partial charge in [-0.3, -0.25) is 0 Å². The van der Waals surface area contributed by atoms with Gasteiger partial charge < -0.3 is 20.3 Å². The number of nitrogens with one attached hydrogen (secondary N) is 2. The fourth-order valence-electron chi connectivity index (χ4n) is 3.38. The van der Waals surface area contributed by atoms with Crippen LogP contribution in [0.15, 0.2) is 0 Å². The van der Waals surface area contributed by atoms with Gasteiger partial charge in [-0.1, -0.05) is 13.3 Å². The van der Waals surface area contributed by atoms with E-state index in [-0.39, 0.29) is 24.1 Å². The van der Waals surface area contributed by atoms with Gasteiger partial charge in [0.2, 0.25) is 0 Å². The Balaban J connectivity index is 1.53. The molecule has 1 fully saturated rings. The normalized spacial score (nSPS) is 27.6. The summed E-state index contributed by atoms with van der Waals surface area (Å²) in [6.45, 7) is 3.46. The lowest BCUT2D eigenvalue weighted by atomic mass is 9.86. The number of amides is 2. The van der Waals surface area contributed by atoms with Gasteiger partial charge in [-0.15, -0.1) is 10.2 Å². The van der Waals surface area contributed by atoms with Crippen molar-refractivity contribution in [1.29, 1.82) is 0 Å². The van der Waals surface area contributed by atoms with Crippen molar-refractivity contribution in [2.75, 3.05) is 6.61 Å². The number of aromatic nitrogens is 3. The van der Waals surface area contributed by atoms with E-state index in [9.17, 15) is 9.90 Å². The summed E-state index contributed by atoms with van der Waals surface area (Å²) in [4.78, 5) is 12.0. The minimum absolute atomic E-state index is 0.0339. The lowest BCUT2D eigenvalue weighted by Crippen LogP contribution is -2.48. The van der Waals surface area contributed by atoms with Crippen molar-refractivity contribution in [2.24, 2.45) is 5.41 Å². The molecular formula is C14H23N5O2. The Labute approximate surface area is 124 Å². The van der Waals surface area contributed by atoms with Gasteiger partial charge in [0.1, 0.15) is 5.82 Å². The molecule has 0 bridgehead atoms. The van der Waals surface area contributed by atoms with E-state index in [0.29, 0.717) is 6.54 Å². The Morgan fingerprint density at radius 1 is 1.48 bits per heavy atom. The largest absolute Gasteiger partial charge is 0.396 e. The molecule has 7 nitrogen and oxygen atoms in total. The standard InChI is InChI=1S/C14H23N5O2/c1-14(9-20)6-2-4-10(14)16-13(21)15-8-12-18-17-11-5-3-7-19(11)12/h10,20H,2-9H2,1H3,(H2,15,16,21). The zero-order chi connectivity index (χ0) is 14.9. The second-order valence-electron chi connectivity index (χ2n) is 6.37. The predicted octanol–water partition coefficient (Wildman–Crippen LogP) is 0.575. The number of aryl methyl sites for hydroxylation is 1. The number of aliphatic hydroxyl groups excluding tert-OH is 1. The van der Waals surface area contributed by atoms with E-state index in [1.54, 1.807) is 0 Å². The first-order valence-corrected chi connectivity index (χ1v) is 7.68. The summed E-state index contributed by atoms with van der Waals surface area (Å²) in [7, 11) is 0. The molecule has 116 valence electrons. The summed E-state index contributed by atoms with van der Waals surface area (Å²) in [5.74, 6) is 1.82. The van der Waals surface area contributed by atoms with Crippen LogP contribution in [0.2, 0.25) is 0 Å². The highest BCUT2D eigenvalue weighted by atomic mass is 16.3. The van der Waals surface area contributed by atoms with Crippen LogP contribution in [0.25, 0.3) is 0 Å². The average Bonchev–Trinajstić information content (AvgIpc) is 3.14. The number of aliphatic hydroxyl groups is 1. The average molecular weight is 293 g/mol. The highest BCUT2D eigenvalue weighted by Crippen LogP contribution is 2.37. The zero-order valence-electron chi connectivity index (χ0n) is 12.4. The van der Waals surface area contributed by atoms with E-state index in [4.69, 9.17) is 0 Å². The summed E-state index contributed by atoms with van der Waals surface area (Å²) >= 11 is 0. The maximum absolute atomic E-state index is 12.0. The molecule has 2 aliphatic rings. The van der Waals surface area contributed by atoms with Crippen molar-refractivity contribution in [2.45, 2.75) is 58.2 Å². The quantitative estimate of drug-likeness (QED) is 0.757. The first kappa shape index (κ1) is 14.3. The molecule has 2 amide bonds. The van der Waals surface area contributed by atoms with E-state index in [1.165, 1.54) is 0 Å². The minimum Gasteiger partial charge on any atom is -0.396 e. The number of rotatable bonds is 4. The lowest BCUT2D eigenvalue weighted by Gasteiger charge is -2.30. The number of hydrogen-bond donors (Lipinski definition) is 3. The van der Waals surface area contributed by atoms with E-state index in [0.717, 1.165) is 50.3 Å². The van der Waals surface area contributed by atoms with Crippen molar-refractivity contribution < 1.29 is 9.90 Å². The van der Waals surface area contributed by atoms with Crippen LogP contribution in [-0.4, -0.2) is 38.6 Å². The molecule has 3 rings (SSSR count). The molecule has 0 saturated heterocycles. The fourth-order valence-corrected chi connectivity index (χ4v) is 3.38. The van der Waals surface area contributed by atoms with Crippen LogP contribution in [0.3, 0.4) is 0 Å². The topological polar surface area (TPSA) is 92.1 Å². The second-order valence-corrected chi connectivity index (χ2v) is 6.37. The van der Waals surface area contributed by atoms with Crippen LogP contribution in [0.4, 0.5) is 4.79 Å². The molecule has 2 unspecified atom stereocenters. The molecule has 0 spiro atoms. The van der Waals surface area contributed by atoms with Crippen molar-refractivity contribution >= 4 is 6.03 Å². The molecule has 7 heteroatoms. The molecule has 1 aromatic heterocycles. The molecule has 1 saturated carbocycles. The summed E-state index contributed by atoms with van der Waals surface area (Å²) in [6, 6.07) is -0.163. The Kier molecular flexibility index (Phi) is 3.84. The summed E-state index contributed by atoms with van der Waals surface area (Å²) in [5.41, 5.74) is -0.201. The molecule has 2 heterocycles. The maximum atomic E-state index is 12.0. The molecule has 21 heavy (non-hydrogen) atoms. The van der Waals surface area contributed by atoms with Gasteiger partial charge >= 0.3 is 6.03 Å².